The number of carbonyl (C=O) groups is 1. The van der Waals surface area contributed by atoms with Gasteiger partial charge in [0.1, 0.15) is 10.9 Å². The predicted molar refractivity (Wildman–Crippen MR) is 126 cm³/mol. The van der Waals surface area contributed by atoms with Gasteiger partial charge in [-0.1, -0.05) is 54.2 Å². The molecule has 0 fully saturated rings. The zero-order valence-corrected chi connectivity index (χ0v) is 18.9. The van der Waals surface area contributed by atoms with Crippen LogP contribution in [0.3, 0.4) is 0 Å². The lowest BCUT2D eigenvalue weighted by molar-refractivity contribution is -0.384. The number of nitro benzene ring substituents is 1. The standard InChI is InChI=1S/C22H19N5O3S2/c1-14-10-11-16(17(13-14)27(29)30)23-21(28)19(15-7-4-3-5-8-15)32-22-25-24-20(26(22)2)18-9-6-12-31-18/h3-13,19H,1-2H3,(H,23,28). The van der Waals surface area contributed by atoms with Crippen LogP contribution >= 0.6 is 23.1 Å². The molecule has 1 atom stereocenters. The SMILES string of the molecule is Cc1ccc(NC(=O)C(Sc2nnc(-c3cccs3)n2C)c2ccccc2)c([N+](=O)[O-])c1. The van der Waals surface area contributed by atoms with Crippen LogP contribution in [0.1, 0.15) is 16.4 Å². The number of hydrogen-bond donors (Lipinski definition) is 1. The largest absolute Gasteiger partial charge is 0.319 e. The van der Waals surface area contributed by atoms with Gasteiger partial charge in [0.2, 0.25) is 5.91 Å². The first-order chi connectivity index (χ1) is 15.4. The zero-order chi connectivity index (χ0) is 22.7. The van der Waals surface area contributed by atoms with Gasteiger partial charge in [-0.05, 0) is 35.6 Å². The maximum absolute atomic E-state index is 13.3. The molecule has 1 unspecified atom stereocenters. The molecule has 0 radical (unpaired) electrons. The number of nitro groups is 1. The van der Waals surface area contributed by atoms with Crippen LogP contribution < -0.4 is 5.32 Å². The first kappa shape index (κ1) is 21.7. The first-order valence-corrected chi connectivity index (χ1v) is 11.4. The van der Waals surface area contributed by atoms with Crippen LogP contribution in [-0.4, -0.2) is 25.6 Å². The fraction of sp³-hybridized carbons (Fsp3) is 0.136. The third-order valence-corrected chi connectivity index (χ3v) is 6.90. The van der Waals surface area contributed by atoms with E-state index in [2.05, 4.69) is 15.5 Å². The molecule has 162 valence electrons. The van der Waals surface area contributed by atoms with Crippen LogP contribution in [0.25, 0.3) is 10.7 Å². The molecule has 0 saturated heterocycles. The second-order valence-electron chi connectivity index (χ2n) is 7.02. The summed E-state index contributed by atoms with van der Waals surface area (Å²) in [5, 5.41) is 24.6. The number of amides is 1. The van der Waals surface area contributed by atoms with Crippen molar-refractivity contribution in [2.24, 2.45) is 7.05 Å². The zero-order valence-electron chi connectivity index (χ0n) is 17.3. The van der Waals surface area contributed by atoms with E-state index >= 15 is 0 Å². The summed E-state index contributed by atoms with van der Waals surface area (Å²) in [5.41, 5.74) is 1.51. The molecule has 4 rings (SSSR count). The number of thiophene rings is 1. The summed E-state index contributed by atoms with van der Waals surface area (Å²) in [5.74, 6) is 0.331. The van der Waals surface area contributed by atoms with E-state index < -0.39 is 10.2 Å². The van der Waals surface area contributed by atoms with E-state index in [-0.39, 0.29) is 17.3 Å². The lowest BCUT2D eigenvalue weighted by Gasteiger charge is -2.17. The molecule has 2 aromatic carbocycles. The molecule has 0 spiro atoms. The molecule has 0 saturated carbocycles. The van der Waals surface area contributed by atoms with E-state index in [1.807, 2.05) is 59.5 Å². The van der Waals surface area contributed by atoms with Crippen LogP contribution in [0.2, 0.25) is 0 Å². The monoisotopic (exact) mass is 465 g/mol. The molecule has 2 heterocycles. The lowest BCUT2D eigenvalue weighted by atomic mass is 10.1. The van der Waals surface area contributed by atoms with E-state index in [0.29, 0.717) is 11.0 Å². The van der Waals surface area contributed by atoms with E-state index in [0.717, 1.165) is 16.0 Å². The Labute approximate surface area is 192 Å². The minimum Gasteiger partial charge on any atom is -0.319 e. The van der Waals surface area contributed by atoms with Crippen molar-refractivity contribution in [3.63, 3.8) is 0 Å². The Morgan fingerprint density at radius 3 is 2.62 bits per heavy atom. The summed E-state index contributed by atoms with van der Waals surface area (Å²) in [6.07, 6.45) is 0. The summed E-state index contributed by atoms with van der Waals surface area (Å²) < 4.78 is 1.84. The Hall–Kier alpha value is -3.50. The Morgan fingerprint density at radius 1 is 1.16 bits per heavy atom. The minimum absolute atomic E-state index is 0.145. The molecule has 2 aromatic heterocycles. The van der Waals surface area contributed by atoms with Crippen molar-refractivity contribution in [2.75, 3.05) is 5.32 Å². The van der Waals surface area contributed by atoms with Crippen molar-refractivity contribution in [1.29, 1.82) is 0 Å². The molecular formula is C22H19N5O3S2. The summed E-state index contributed by atoms with van der Waals surface area (Å²) in [7, 11) is 1.85. The minimum atomic E-state index is -0.684. The topological polar surface area (TPSA) is 103 Å². The van der Waals surface area contributed by atoms with Crippen LogP contribution in [0, 0.1) is 17.0 Å². The highest BCUT2D eigenvalue weighted by Gasteiger charge is 2.27. The van der Waals surface area contributed by atoms with Gasteiger partial charge in [-0.15, -0.1) is 21.5 Å². The summed E-state index contributed by atoms with van der Waals surface area (Å²) in [6.45, 7) is 1.76. The number of nitrogens with one attached hydrogen (secondary N) is 1. The van der Waals surface area contributed by atoms with Crippen molar-refractivity contribution in [3.05, 3.63) is 87.3 Å². The number of hydrogen-bond acceptors (Lipinski definition) is 7. The molecule has 4 aromatic rings. The number of nitrogens with zero attached hydrogens (tertiary/aromatic N) is 4. The number of thioether (sulfide) groups is 1. The van der Waals surface area contributed by atoms with Gasteiger partial charge in [0.25, 0.3) is 5.69 Å². The highest BCUT2D eigenvalue weighted by Crippen LogP contribution is 2.37. The highest BCUT2D eigenvalue weighted by molar-refractivity contribution is 8.00. The molecule has 32 heavy (non-hydrogen) atoms. The smallest absolute Gasteiger partial charge is 0.293 e. The maximum Gasteiger partial charge on any atom is 0.293 e. The van der Waals surface area contributed by atoms with Gasteiger partial charge in [0.15, 0.2) is 11.0 Å². The van der Waals surface area contributed by atoms with Gasteiger partial charge < -0.3 is 9.88 Å². The third-order valence-electron chi connectivity index (χ3n) is 4.75. The van der Waals surface area contributed by atoms with Crippen molar-refractivity contribution < 1.29 is 9.72 Å². The lowest BCUT2D eigenvalue weighted by Crippen LogP contribution is -2.20. The average molecular weight is 466 g/mol. The molecule has 1 amide bonds. The Bertz CT molecular complexity index is 1260. The highest BCUT2D eigenvalue weighted by atomic mass is 32.2. The maximum atomic E-state index is 13.3. The summed E-state index contributed by atoms with van der Waals surface area (Å²) in [6, 6.07) is 17.9. The van der Waals surface area contributed by atoms with Gasteiger partial charge in [-0.3, -0.25) is 14.9 Å². The normalized spacial score (nSPS) is 11.8. The Balaban J connectivity index is 1.66. The second-order valence-corrected chi connectivity index (χ2v) is 9.04. The van der Waals surface area contributed by atoms with Crippen LogP contribution in [0.4, 0.5) is 11.4 Å². The number of anilines is 1. The van der Waals surface area contributed by atoms with Crippen molar-refractivity contribution in [3.8, 4) is 10.7 Å². The number of aryl methyl sites for hydroxylation is 1. The van der Waals surface area contributed by atoms with E-state index in [1.54, 1.807) is 30.4 Å². The van der Waals surface area contributed by atoms with Crippen molar-refractivity contribution >= 4 is 40.4 Å². The number of rotatable bonds is 7. The number of aromatic nitrogens is 3. The van der Waals surface area contributed by atoms with Gasteiger partial charge >= 0.3 is 0 Å². The first-order valence-electron chi connectivity index (χ1n) is 9.65. The van der Waals surface area contributed by atoms with Crippen LogP contribution in [0.5, 0.6) is 0 Å². The second kappa shape index (κ2) is 9.33. The van der Waals surface area contributed by atoms with Crippen LogP contribution in [-0.2, 0) is 11.8 Å². The fourth-order valence-electron chi connectivity index (χ4n) is 3.14. The molecule has 1 N–H and O–H groups in total. The molecule has 10 heteroatoms. The molecule has 0 aliphatic rings. The number of benzene rings is 2. The van der Waals surface area contributed by atoms with Gasteiger partial charge in [-0.2, -0.15) is 0 Å². The third kappa shape index (κ3) is 4.56. The quantitative estimate of drug-likeness (QED) is 0.228. The number of carbonyl (C=O) groups excluding carboxylic acids is 1. The van der Waals surface area contributed by atoms with Crippen LogP contribution in [0.15, 0.2) is 71.2 Å². The fourth-order valence-corrected chi connectivity index (χ4v) is 4.89. The molecule has 0 aliphatic heterocycles. The summed E-state index contributed by atoms with van der Waals surface area (Å²) >= 11 is 2.80. The Morgan fingerprint density at radius 2 is 1.94 bits per heavy atom. The van der Waals surface area contributed by atoms with Crippen molar-refractivity contribution in [1.82, 2.24) is 14.8 Å². The van der Waals surface area contributed by atoms with Crippen molar-refractivity contribution in [2.45, 2.75) is 17.3 Å². The predicted octanol–water partition coefficient (Wildman–Crippen LogP) is 5.23. The van der Waals surface area contributed by atoms with Gasteiger partial charge in [0.05, 0.1) is 9.80 Å². The average Bonchev–Trinajstić information content (AvgIpc) is 3.43. The molecular weight excluding hydrogens is 446 g/mol. The molecule has 0 aliphatic carbocycles. The van der Waals surface area contributed by atoms with Gasteiger partial charge in [0, 0.05) is 13.1 Å². The Kier molecular flexibility index (Phi) is 6.33. The van der Waals surface area contributed by atoms with Gasteiger partial charge in [-0.25, -0.2) is 0 Å². The molecule has 8 nitrogen and oxygen atoms in total. The molecule has 0 bridgehead atoms. The summed E-state index contributed by atoms with van der Waals surface area (Å²) in [4.78, 5) is 25.3. The van der Waals surface area contributed by atoms with E-state index in [9.17, 15) is 14.9 Å². The van der Waals surface area contributed by atoms with E-state index in [1.165, 1.54) is 17.8 Å². The van der Waals surface area contributed by atoms with E-state index in [4.69, 9.17) is 0 Å².